The van der Waals surface area contributed by atoms with Gasteiger partial charge in [-0.15, -0.1) is 11.3 Å². The van der Waals surface area contributed by atoms with Crippen LogP contribution in [0.3, 0.4) is 0 Å². The lowest BCUT2D eigenvalue weighted by molar-refractivity contribution is 0.0994. The quantitative estimate of drug-likeness (QED) is 0.411. The van der Waals surface area contributed by atoms with E-state index in [1.54, 1.807) is 11.7 Å². The molecule has 6 heteroatoms. The largest absolute Gasteiger partial charge is 0.339 e. The number of carbonyl (C=O) groups is 1. The smallest absolute Gasteiger partial charge is 0.163 e. The third-order valence-corrected chi connectivity index (χ3v) is 7.18. The Morgan fingerprint density at radius 1 is 1.07 bits per heavy atom. The van der Waals surface area contributed by atoms with Gasteiger partial charge in [-0.1, -0.05) is 13.8 Å². The predicted molar refractivity (Wildman–Crippen MR) is 121 cm³/mol. The minimum atomic E-state index is -0.212. The van der Waals surface area contributed by atoms with Gasteiger partial charge >= 0.3 is 0 Å². The molecule has 2 heterocycles. The molecule has 154 valence electrons. The van der Waals surface area contributed by atoms with E-state index in [1.165, 1.54) is 11.3 Å². The molecule has 4 nitrogen and oxygen atoms in total. The zero-order valence-corrected chi connectivity index (χ0v) is 18.1. The monoisotopic (exact) mass is 421 g/mol. The summed E-state index contributed by atoms with van der Waals surface area (Å²) < 4.78 is 18.2. The topological polar surface area (TPSA) is 38.1 Å². The molecule has 0 aliphatic heterocycles. The molecule has 1 aliphatic carbocycles. The van der Waals surface area contributed by atoms with Crippen LogP contribution in [0.4, 0.5) is 4.39 Å². The molecular weight excluding hydrogens is 397 g/mol. The number of aryl methyl sites for hydroxylation is 1. The molecule has 2 aromatic carbocycles. The van der Waals surface area contributed by atoms with Crippen molar-refractivity contribution in [3.05, 3.63) is 52.9 Å². The summed E-state index contributed by atoms with van der Waals surface area (Å²) in [5, 5.41) is 1.55. The van der Waals surface area contributed by atoms with Gasteiger partial charge in [-0.25, -0.2) is 4.39 Å². The summed E-state index contributed by atoms with van der Waals surface area (Å²) in [6.45, 7) is 7.99. The maximum absolute atomic E-state index is 15.9. The van der Waals surface area contributed by atoms with Crippen LogP contribution >= 0.6 is 11.3 Å². The van der Waals surface area contributed by atoms with Crippen LogP contribution in [0.15, 0.2) is 36.0 Å². The second-order valence-electron chi connectivity index (χ2n) is 7.77. The van der Waals surface area contributed by atoms with E-state index in [9.17, 15) is 4.79 Å². The van der Waals surface area contributed by atoms with Crippen molar-refractivity contribution in [1.29, 1.82) is 0 Å². The molecule has 0 bridgehead atoms. The third kappa shape index (κ3) is 2.89. The van der Waals surface area contributed by atoms with E-state index in [-0.39, 0.29) is 11.6 Å². The zero-order valence-electron chi connectivity index (χ0n) is 17.2. The number of hydrogen-bond acceptors (Lipinski definition) is 4. The fourth-order valence-corrected chi connectivity index (χ4v) is 5.39. The van der Waals surface area contributed by atoms with Crippen molar-refractivity contribution in [3.8, 4) is 10.4 Å². The fraction of sp³-hybridized carbons (Fsp3) is 0.333. The highest BCUT2D eigenvalue weighted by Gasteiger charge is 2.27. The molecule has 30 heavy (non-hydrogen) atoms. The maximum Gasteiger partial charge on any atom is 0.163 e. The molecule has 0 radical (unpaired) electrons. The standard InChI is InChI=1S/C24H24FN3OS/c1-3-27(4-2)11-12-28-18-8-5-15-16(7-10-20(15)29)22(18)23-19(28)9-6-17(24(23)25)21-13-26-14-30-21/h5-6,8-9,13-14H,3-4,7,10-12H2,1-2H3. The summed E-state index contributed by atoms with van der Waals surface area (Å²) in [4.78, 5) is 19.7. The first kappa shape index (κ1) is 19.4. The van der Waals surface area contributed by atoms with E-state index in [1.807, 2.05) is 24.3 Å². The predicted octanol–water partition coefficient (Wildman–Crippen LogP) is 5.53. The average Bonchev–Trinajstić information content (AvgIpc) is 3.48. The average molecular weight is 422 g/mol. The Balaban J connectivity index is 1.79. The second-order valence-corrected chi connectivity index (χ2v) is 8.66. The van der Waals surface area contributed by atoms with Crippen LogP contribution in [0.25, 0.3) is 32.2 Å². The van der Waals surface area contributed by atoms with Crippen molar-refractivity contribution in [2.45, 2.75) is 33.2 Å². The molecule has 5 rings (SSSR count). The van der Waals surface area contributed by atoms with Crippen LogP contribution in [-0.2, 0) is 13.0 Å². The minimum absolute atomic E-state index is 0.162. The number of ketones is 1. The molecule has 1 aliphatic rings. The van der Waals surface area contributed by atoms with Crippen molar-refractivity contribution in [3.63, 3.8) is 0 Å². The fourth-order valence-electron chi connectivity index (χ4n) is 4.75. The summed E-state index contributed by atoms with van der Waals surface area (Å²) in [7, 11) is 0. The number of halogens is 1. The molecule has 0 fully saturated rings. The molecule has 0 saturated carbocycles. The van der Waals surface area contributed by atoms with Crippen LogP contribution in [-0.4, -0.2) is 39.9 Å². The minimum Gasteiger partial charge on any atom is -0.339 e. The Labute approximate surface area is 178 Å². The van der Waals surface area contributed by atoms with Gasteiger partial charge in [-0.05, 0) is 49.3 Å². The number of fused-ring (bicyclic) bond motifs is 5. The molecule has 0 amide bonds. The number of benzene rings is 2. The Hall–Kier alpha value is -2.57. The van der Waals surface area contributed by atoms with Gasteiger partial charge in [0, 0.05) is 53.1 Å². The number of hydrogen-bond donors (Lipinski definition) is 0. The Morgan fingerprint density at radius 3 is 2.50 bits per heavy atom. The second kappa shape index (κ2) is 7.60. The van der Waals surface area contributed by atoms with Gasteiger partial charge in [-0.2, -0.15) is 0 Å². The Bertz CT molecular complexity index is 1260. The van der Waals surface area contributed by atoms with E-state index >= 15 is 4.39 Å². The van der Waals surface area contributed by atoms with E-state index in [4.69, 9.17) is 0 Å². The molecule has 0 saturated heterocycles. The van der Waals surface area contributed by atoms with E-state index in [2.05, 4.69) is 28.3 Å². The van der Waals surface area contributed by atoms with Gasteiger partial charge in [0.05, 0.1) is 15.9 Å². The third-order valence-electron chi connectivity index (χ3n) is 6.38. The lowest BCUT2D eigenvalue weighted by Gasteiger charge is -2.19. The van der Waals surface area contributed by atoms with Gasteiger partial charge in [-0.3, -0.25) is 9.78 Å². The first-order valence-corrected chi connectivity index (χ1v) is 11.4. The van der Waals surface area contributed by atoms with Crippen LogP contribution in [0, 0.1) is 5.82 Å². The molecule has 2 aromatic heterocycles. The van der Waals surface area contributed by atoms with Gasteiger partial charge in [0.1, 0.15) is 5.82 Å². The molecule has 4 aromatic rings. The Morgan fingerprint density at radius 2 is 1.80 bits per heavy atom. The number of aromatic nitrogens is 2. The maximum atomic E-state index is 15.9. The van der Waals surface area contributed by atoms with Crippen LogP contribution < -0.4 is 0 Å². The van der Waals surface area contributed by atoms with Crippen LogP contribution in [0.2, 0.25) is 0 Å². The SMILES string of the molecule is CCN(CC)CCn1c2ccc(-c3cncs3)c(F)c2c2c3c(ccc21)C(=O)CC3. The number of likely N-dealkylation sites (N-methyl/N-ethyl adjacent to an activating group) is 1. The zero-order chi connectivity index (χ0) is 20.8. The van der Waals surface area contributed by atoms with E-state index < -0.39 is 0 Å². The van der Waals surface area contributed by atoms with Gasteiger partial charge in [0.2, 0.25) is 0 Å². The number of Topliss-reactive ketones (excluding diaryl/α,β-unsaturated/α-hetero) is 1. The van der Waals surface area contributed by atoms with Crippen LogP contribution in [0.1, 0.15) is 36.2 Å². The molecule has 0 unspecified atom stereocenters. The lowest BCUT2D eigenvalue weighted by Crippen LogP contribution is -2.26. The number of rotatable bonds is 6. The van der Waals surface area contributed by atoms with Gasteiger partial charge in [0.25, 0.3) is 0 Å². The molecule has 0 spiro atoms. The summed E-state index contributed by atoms with van der Waals surface area (Å²) >= 11 is 1.44. The van der Waals surface area contributed by atoms with Gasteiger partial charge < -0.3 is 9.47 Å². The normalized spacial score (nSPS) is 13.8. The van der Waals surface area contributed by atoms with Crippen molar-refractivity contribution in [2.24, 2.45) is 0 Å². The first-order valence-electron chi connectivity index (χ1n) is 10.5. The number of carbonyl (C=O) groups excluding carboxylic acids is 1. The molecular formula is C24H24FN3OS. The molecule has 0 atom stereocenters. The lowest BCUT2D eigenvalue weighted by atomic mass is 10.0. The van der Waals surface area contributed by atoms with Crippen molar-refractivity contribution in [1.82, 2.24) is 14.5 Å². The molecule has 0 N–H and O–H groups in total. The van der Waals surface area contributed by atoms with E-state index in [0.29, 0.717) is 23.8 Å². The first-order chi connectivity index (χ1) is 14.6. The number of nitrogens with zero attached hydrogens (tertiary/aromatic N) is 3. The van der Waals surface area contributed by atoms with Gasteiger partial charge in [0.15, 0.2) is 5.78 Å². The van der Waals surface area contributed by atoms with Crippen molar-refractivity contribution in [2.75, 3.05) is 19.6 Å². The van der Waals surface area contributed by atoms with Crippen LogP contribution in [0.5, 0.6) is 0 Å². The summed E-state index contributed by atoms with van der Waals surface area (Å²) in [5.74, 6) is -0.0500. The van der Waals surface area contributed by atoms with E-state index in [0.717, 1.165) is 58.6 Å². The van der Waals surface area contributed by atoms with Crippen molar-refractivity contribution < 1.29 is 9.18 Å². The highest BCUT2D eigenvalue weighted by molar-refractivity contribution is 7.13. The highest BCUT2D eigenvalue weighted by Crippen LogP contribution is 2.41. The Kier molecular flexibility index (Phi) is 4.91. The summed E-state index contributed by atoms with van der Waals surface area (Å²) in [5.41, 5.74) is 5.98. The summed E-state index contributed by atoms with van der Waals surface area (Å²) in [6, 6.07) is 7.83. The van der Waals surface area contributed by atoms with Crippen molar-refractivity contribution >= 4 is 38.9 Å². The summed E-state index contributed by atoms with van der Waals surface area (Å²) in [6.07, 6.45) is 2.91. The highest BCUT2D eigenvalue weighted by atomic mass is 32.1. The number of thiazole rings is 1.